The van der Waals surface area contributed by atoms with Gasteiger partial charge in [0.2, 0.25) is 11.6 Å². The van der Waals surface area contributed by atoms with Crippen LogP contribution in [-0.4, -0.2) is 24.0 Å². The Labute approximate surface area is 168 Å². The molecule has 0 saturated carbocycles. The molecular formula is C17H14Cl2N3O4S+. The first-order valence-corrected chi connectivity index (χ1v) is 9.37. The molecule has 0 aliphatic rings. The number of ether oxygens (including phenoxy) is 1. The summed E-state index contributed by atoms with van der Waals surface area (Å²) in [7, 11) is 1.56. The normalized spacial score (nSPS) is 10.6. The summed E-state index contributed by atoms with van der Waals surface area (Å²) in [6, 6.07) is 11.8. The average Bonchev–Trinajstić information content (AvgIpc) is 3.03. The van der Waals surface area contributed by atoms with Crippen molar-refractivity contribution in [1.29, 1.82) is 0 Å². The summed E-state index contributed by atoms with van der Waals surface area (Å²) in [5.41, 5.74) is 0.478. The molecule has 3 aromatic rings. The third-order valence-electron chi connectivity index (χ3n) is 3.48. The molecule has 7 nitrogen and oxygen atoms in total. The first-order valence-electron chi connectivity index (χ1n) is 7.63. The molecule has 0 atom stereocenters. The van der Waals surface area contributed by atoms with Gasteiger partial charge in [-0.2, -0.15) is 0 Å². The fourth-order valence-corrected chi connectivity index (χ4v) is 3.31. The number of thioether (sulfide) groups is 1. The number of aromatic nitrogens is 2. The number of amides is 1. The molecule has 27 heavy (non-hydrogen) atoms. The fraction of sp³-hybridized carbons (Fsp3) is 0.118. The van der Waals surface area contributed by atoms with Crippen LogP contribution < -0.4 is 20.4 Å². The molecule has 1 amide bonds. The summed E-state index contributed by atoms with van der Waals surface area (Å²) < 4.78 is 11.4. The molecule has 0 aliphatic carbocycles. The number of hydrogen-bond donors (Lipinski definition) is 2. The van der Waals surface area contributed by atoms with Crippen LogP contribution in [0.1, 0.15) is 0 Å². The molecule has 0 unspecified atom stereocenters. The van der Waals surface area contributed by atoms with Crippen molar-refractivity contribution < 1.29 is 18.7 Å². The smallest absolute Gasteiger partial charge is 0.442 e. The lowest BCUT2D eigenvalue weighted by Crippen LogP contribution is -2.36. The summed E-state index contributed by atoms with van der Waals surface area (Å²) in [6.45, 7) is 0. The van der Waals surface area contributed by atoms with E-state index in [1.54, 1.807) is 49.6 Å². The Kier molecular flexibility index (Phi) is 6.10. The highest BCUT2D eigenvalue weighted by molar-refractivity contribution is 7.99. The second-order valence-corrected chi connectivity index (χ2v) is 7.09. The number of halogens is 2. The molecule has 1 heterocycles. The second kappa shape index (κ2) is 8.51. The number of benzene rings is 2. The number of anilines is 1. The highest BCUT2D eigenvalue weighted by Gasteiger charge is 2.25. The summed E-state index contributed by atoms with van der Waals surface area (Å²) in [5, 5.41) is 6.22. The monoisotopic (exact) mass is 426 g/mol. The molecule has 3 rings (SSSR count). The van der Waals surface area contributed by atoms with E-state index in [1.807, 2.05) is 0 Å². The Morgan fingerprint density at radius 3 is 2.70 bits per heavy atom. The van der Waals surface area contributed by atoms with Gasteiger partial charge in [0.25, 0.3) is 0 Å². The highest BCUT2D eigenvalue weighted by Crippen LogP contribution is 2.25. The predicted molar refractivity (Wildman–Crippen MR) is 103 cm³/mol. The number of carbonyl (C=O) groups excluding carboxylic acids is 1. The largest absolute Gasteiger partial charge is 0.497 e. The van der Waals surface area contributed by atoms with Crippen LogP contribution in [0.3, 0.4) is 0 Å². The van der Waals surface area contributed by atoms with E-state index < -0.39 is 5.63 Å². The van der Waals surface area contributed by atoms with Gasteiger partial charge in [-0.3, -0.25) is 9.32 Å². The molecule has 0 aliphatic heterocycles. The summed E-state index contributed by atoms with van der Waals surface area (Å²) in [6.07, 6.45) is 0. The number of methoxy groups -OCH3 is 1. The Hall–Kier alpha value is -2.42. The van der Waals surface area contributed by atoms with Crippen LogP contribution in [-0.2, 0) is 4.79 Å². The van der Waals surface area contributed by atoms with Gasteiger partial charge < -0.3 is 10.1 Å². The Balaban J connectivity index is 1.72. The van der Waals surface area contributed by atoms with Crippen LogP contribution >= 0.6 is 35.0 Å². The average molecular weight is 427 g/mol. The van der Waals surface area contributed by atoms with Crippen molar-refractivity contribution >= 4 is 46.6 Å². The van der Waals surface area contributed by atoms with E-state index in [1.165, 1.54) is 4.68 Å². The number of hydrogen-bond acceptors (Lipinski definition) is 5. The van der Waals surface area contributed by atoms with Crippen molar-refractivity contribution in [2.45, 2.75) is 5.03 Å². The molecular weight excluding hydrogens is 413 g/mol. The van der Waals surface area contributed by atoms with E-state index in [4.69, 9.17) is 32.5 Å². The second-order valence-electron chi connectivity index (χ2n) is 5.28. The van der Waals surface area contributed by atoms with Gasteiger partial charge in [-0.1, -0.05) is 23.2 Å². The number of nitrogens with one attached hydrogen (secondary N) is 2. The van der Waals surface area contributed by atoms with Crippen molar-refractivity contribution in [2.24, 2.45) is 0 Å². The quantitative estimate of drug-likeness (QED) is 0.466. The topological polar surface area (TPSA) is 88.2 Å². The van der Waals surface area contributed by atoms with Gasteiger partial charge in [-0.15, -0.1) is 0 Å². The molecule has 1 aromatic heterocycles. The summed E-state index contributed by atoms with van der Waals surface area (Å²) in [5.74, 6) is 0.310. The third-order valence-corrected chi connectivity index (χ3v) is 5.07. The van der Waals surface area contributed by atoms with Gasteiger partial charge >= 0.3 is 10.7 Å². The molecule has 2 N–H and O–H groups in total. The minimum atomic E-state index is -0.579. The van der Waals surface area contributed by atoms with Crippen LogP contribution in [0.2, 0.25) is 10.0 Å². The van der Waals surface area contributed by atoms with Gasteiger partial charge in [-0.25, -0.2) is 4.79 Å². The van der Waals surface area contributed by atoms with Crippen molar-refractivity contribution in [3.63, 3.8) is 0 Å². The zero-order valence-corrected chi connectivity index (χ0v) is 16.3. The Bertz CT molecular complexity index is 1020. The zero-order valence-electron chi connectivity index (χ0n) is 14.0. The zero-order chi connectivity index (χ0) is 19.4. The molecule has 0 saturated heterocycles. The van der Waals surface area contributed by atoms with E-state index in [0.29, 0.717) is 27.2 Å². The number of carbonyl (C=O) groups is 1. The van der Waals surface area contributed by atoms with Gasteiger partial charge in [0.05, 0.1) is 23.6 Å². The van der Waals surface area contributed by atoms with Crippen LogP contribution in [0.5, 0.6) is 5.75 Å². The maximum atomic E-state index is 12.2. The van der Waals surface area contributed by atoms with Crippen molar-refractivity contribution in [3.8, 4) is 11.4 Å². The lowest BCUT2D eigenvalue weighted by atomic mass is 10.3. The van der Waals surface area contributed by atoms with Crippen LogP contribution in [0.4, 0.5) is 5.69 Å². The first kappa shape index (κ1) is 19.3. The van der Waals surface area contributed by atoms with Gasteiger partial charge in [-0.05, 0) is 52.0 Å². The van der Waals surface area contributed by atoms with E-state index in [9.17, 15) is 9.59 Å². The first-order chi connectivity index (χ1) is 13.0. The molecule has 0 radical (unpaired) electrons. The van der Waals surface area contributed by atoms with E-state index in [2.05, 4.69) is 10.6 Å². The lowest BCUT2D eigenvalue weighted by Gasteiger charge is -2.06. The van der Waals surface area contributed by atoms with Crippen molar-refractivity contribution in [3.05, 3.63) is 62.9 Å². The van der Waals surface area contributed by atoms with Gasteiger partial charge in [0.15, 0.2) is 0 Å². The molecule has 0 spiro atoms. The lowest BCUT2D eigenvalue weighted by molar-refractivity contribution is -0.704. The maximum Gasteiger partial charge on any atom is 0.442 e. The highest BCUT2D eigenvalue weighted by atomic mass is 35.5. The van der Waals surface area contributed by atoms with Crippen LogP contribution in [0, 0.1) is 0 Å². The number of nitrogens with zero attached hydrogens (tertiary/aromatic N) is 1. The predicted octanol–water partition coefficient (Wildman–Crippen LogP) is 3.29. The fourth-order valence-electron chi connectivity index (χ4n) is 2.20. The van der Waals surface area contributed by atoms with Crippen LogP contribution in [0.15, 0.2) is 56.8 Å². The molecule has 0 bridgehead atoms. The van der Waals surface area contributed by atoms with Crippen molar-refractivity contribution in [2.75, 3.05) is 18.2 Å². The van der Waals surface area contributed by atoms with Crippen molar-refractivity contribution in [1.82, 2.24) is 5.27 Å². The molecule has 10 heteroatoms. The standard InChI is InChI=1S/C17H13Cl2N3O4S/c1-25-12-5-3-11(4-6-12)22-16(17(24)26-21-22)27-9-15(23)20-14-8-10(18)2-7-13(14)19/h2-8H,9H2,1H3,(H-,20,21,23,24)/p+1. The maximum absolute atomic E-state index is 12.2. The number of H-pyrrole nitrogens is 1. The molecule has 0 fully saturated rings. The van der Waals surface area contributed by atoms with E-state index >= 15 is 0 Å². The Morgan fingerprint density at radius 1 is 1.26 bits per heavy atom. The third kappa shape index (κ3) is 4.65. The number of rotatable bonds is 6. The minimum Gasteiger partial charge on any atom is -0.497 e. The SMILES string of the molecule is COc1ccc(-[n+]2[nH]oc(=O)c2SCC(=O)Nc2cc(Cl)ccc2Cl)cc1. The summed E-state index contributed by atoms with van der Waals surface area (Å²) in [4.78, 5) is 24.2. The van der Waals surface area contributed by atoms with Gasteiger partial charge in [0.1, 0.15) is 5.75 Å². The van der Waals surface area contributed by atoms with Gasteiger partial charge in [0, 0.05) is 17.2 Å². The number of aromatic amines is 1. The van der Waals surface area contributed by atoms with E-state index in [0.717, 1.165) is 11.8 Å². The van der Waals surface area contributed by atoms with E-state index in [-0.39, 0.29) is 16.7 Å². The molecule has 140 valence electrons. The minimum absolute atomic E-state index is 0.0262. The van der Waals surface area contributed by atoms with Crippen LogP contribution in [0.25, 0.3) is 5.69 Å². The Morgan fingerprint density at radius 2 is 2.00 bits per heavy atom. The summed E-state index contributed by atoms with van der Waals surface area (Å²) >= 11 is 13.0. The molecule has 2 aromatic carbocycles.